The Morgan fingerprint density at radius 1 is 1.22 bits per heavy atom. The van der Waals surface area contributed by atoms with Crippen LogP contribution in [-0.2, 0) is 21.2 Å². The number of benzene rings is 2. The van der Waals surface area contributed by atoms with Gasteiger partial charge in [0.05, 0.1) is 33.5 Å². The second-order valence-electron chi connectivity index (χ2n) is 6.05. The highest BCUT2D eigenvalue weighted by molar-refractivity contribution is 7.93. The van der Waals surface area contributed by atoms with Gasteiger partial charge < -0.3 is 5.32 Å². The molecule has 2 aromatic rings. The zero-order valence-electron chi connectivity index (χ0n) is 14.1. The van der Waals surface area contributed by atoms with Gasteiger partial charge in [0.25, 0.3) is 5.69 Å². The summed E-state index contributed by atoms with van der Waals surface area (Å²) < 4.78 is 25.4. The number of carbonyl (C=O) groups excluding carboxylic acids is 1. The number of rotatable bonds is 5. The van der Waals surface area contributed by atoms with Crippen LogP contribution in [0, 0.1) is 10.1 Å². The first-order valence-electron chi connectivity index (χ1n) is 8.09. The second-order valence-corrected chi connectivity index (χ2v) is 8.47. The molecule has 1 saturated heterocycles. The lowest BCUT2D eigenvalue weighted by atomic mass is 10.1. The first-order valence-corrected chi connectivity index (χ1v) is 10.1. The summed E-state index contributed by atoms with van der Waals surface area (Å²) in [5, 5.41) is 13.6. The van der Waals surface area contributed by atoms with Crippen LogP contribution in [-0.4, -0.2) is 31.5 Å². The maximum atomic E-state index is 12.3. The lowest BCUT2D eigenvalue weighted by Gasteiger charge is -2.18. The van der Waals surface area contributed by atoms with Crippen molar-refractivity contribution in [3.8, 4) is 0 Å². The minimum atomic E-state index is -3.34. The summed E-state index contributed by atoms with van der Waals surface area (Å²) in [6, 6.07) is 10.3. The standard InChI is InChI=1S/C17H16ClN3O5S/c18-15-7-6-14(20-8-1-9-27(20,25)26)11-16(15)19-17(22)10-12-2-4-13(5-3-12)21(23)24/h2-7,11H,1,8-10H2,(H,19,22). The van der Waals surface area contributed by atoms with Gasteiger partial charge in [0.1, 0.15) is 0 Å². The van der Waals surface area contributed by atoms with E-state index in [1.165, 1.54) is 40.7 Å². The third-order valence-corrected chi connectivity index (χ3v) is 6.32. The molecule has 1 aliphatic heterocycles. The molecule has 3 rings (SSSR count). The van der Waals surface area contributed by atoms with E-state index in [2.05, 4.69) is 5.32 Å². The molecular weight excluding hydrogens is 394 g/mol. The van der Waals surface area contributed by atoms with Crippen LogP contribution in [0.25, 0.3) is 0 Å². The molecule has 0 radical (unpaired) electrons. The molecule has 0 spiro atoms. The molecule has 0 aromatic heterocycles. The SMILES string of the molecule is O=C(Cc1ccc([N+](=O)[O-])cc1)Nc1cc(N2CCCS2(=O)=O)ccc1Cl. The van der Waals surface area contributed by atoms with Gasteiger partial charge in [0, 0.05) is 18.7 Å². The van der Waals surface area contributed by atoms with Gasteiger partial charge in [0.2, 0.25) is 15.9 Å². The van der Waals surface area contributed by atoms with E-state index >= 15 is 0 Å². The van der Waals surface area contributed by atoms with Crippen LogP contribution in [0.5, 0.6) is 0 Å². The molecule has 1 fully saturated rings. The molecular formula is C17H16ClN3O5S. The molecule has 1 amide bonds. The molecule has 8 nitrogen and oxygen atoms in total. The molecule has 10 heteroatoms. The van der Waals surface area contributed by atoms with Crippen molar-refractivity contribution in [2.75, 3.05) is 21.9 Å². The number of nitrogens with zero attached hydrogens (tertiary/aromatic N) is 2. The number of hydrogen-bond acceptors (Lipinski definition) is 5. The van der Waals surface area contributed by atoms with Crippen molar-refractivity contribution >= 4 is 44.6 Å². The van der Waals surface area contributed by atoms with Crippen LogP contribution in [0.2, 0.25) is 5.02 Å². The molecule has 0 aliphatic carbocycles. The summed E-state index contributed by atoms with van der Waals surface area (Å²) in [6.45, 7) is 0.389. The summed E-state index contributed by atoms with van der Waals surface area (Å²) >= 11 is 6.12. The molecule has 1 N–H and O–H groups in total. The lowest BCUT2D eigenvalue weighted by molar-refractivity contribution is -0.384. The molecule has 0 saturated carbocycles. The Morgan fingerprint density at radius 3 is 2.52 bits per heavy atom. The Labute approximate surface area is 160 Å². The van der Waals surface area contributed by atoms with Gasteiger partial charge in [-0.1, -0.05) is 23.7 Å². The largest absolute Gasteiger partial charge is 0.324 e. The highest BCUT2D eigenvalue weighted by Crippen LogP contribution is 2.31. The second kappa shape index (κ2) is 7.53. The van der Waals surface area contributed by atoms with Gasteiger partial charge in [-0.05, 0) is 30.2 Å². The van der Waals surface area contributed by atoms with Gasteiger partial charge in [-0.2, -0.15) is 0 Å². The quantitative estimate of drug-likeness (QED) is 0.603. The average molecular weight is 410 g/mol. The maximum Gasteiger partial charge on any atom is 0.269 e. The maximum absolute atomic E-state index is 12.3. The van der Waals surface area contributed by atoms with Gasteiger partial charge in [-0.15, -0.1) is 0 Å². The van der Waals surface area contributed by atoms with E-state index in [4.69, 9.17) is 11.6 Å². The van der Waals surface area contributed by atoms with Crippen molar-refractivity contribution in [3.05, 3.63) is 63.2 Å². The summed E-state index contributed by atoms with van der Waals surface area (Å²) in [7, 11) is -3.34. The highest BCUT2D eigenvalue weighted by atomic mass is 35.5. The van der Waals surface area contributed by atoms with E-state index in [0.29, 0.717) is 29.9 Å². The molecule has 0 unspecified atom stereocenters. The summed E-state index contributed by atoms with van der Waals surface area (Å²) in [5.74, 6) is -0.274. The molecule has 27 heavy (non-hydrogen) atoms. The number of halogens is 1. The number of carbonyl (C=O) groups is 1. The monoisotopic (exact) mass is 409 g/mol. The highest BCUT2D eigenvalue weighted by Gasteiger charge is 2.28. The van der Waals surface area contributed by atoms with E-state index in [0.717, 1.165) is 0 Å². The van der Waals surface area contributed by atoms with E-state index in [1.54, 1.807) is 6.07 Å². The normalized spacial score (nSPS) is 15.5. The van der Waals surface area contributed by atoms with Crippen molar-refractivity contribution in [1.29, 1.82) is 0 Å². The third kappa shape index (κ3) is 4.37. The fourth-order valence-electron chi connectivity index (χ4n) is 2.81. The van der Waals surface area contributed by atoms with E-state index in [1.807, 2.05) is 0 Å². The van der Waals surface area contributed by atoms with Crippen molar-refractivity contribution in [2.24, 2.45) is 0 Å². The minimum absolute atomic E-state index is 0.000559. The Kier molecular flexibility index (Phi) is 5.33. The summed E-state index contributed by atoms with van der Waals surface area (Å²) in [5.41, 5.74) is 1.31. The van der Waals surface area contributed by atoms with E-state index < -0.39 is 14.9 Å². The number of non-ortho nitro benzene ring substituents is 1. The van der Waals surface area contributed by atoms with E-state index in [9.17, 15) is 23.3 Å². The average Bonchev–Trinajstić information content (AvgIpc) is 2.96. The van der Waals surface area contributed by atoms with Crippen molar-refractivity contribution in [2.45, 2.75) is 12.8 Å². The third-order valence-electron chi connectivity index (χ3n) is 4.12. The fourth-order valence-corrected chi connectivity index (χ4v) is 4.53. The number of sulfonamides is 1. The van der Waals surface area contributed by atoms with Gasteiger partial charge >= 0.3 is 0 Å². The molecule has 1 heterocycles. The summed E-state index contributed by atoms with van der Waals surface area (Å²) in [6.07, 6.45) is 0.549. The Morgan fingerprint density at radius 2 is 1.93 bits per heavy atom. The molecule has 1 aliphatic rings. The Hall–Kier alpha value is -2.65. The van der Waals surface area contributed by atoms with Gasteiger partial charge in [-0.25, -0.2) is 8.42 Å². The Balaban J connectivity index is 1.74. The zero-order valence-corrected chi connectivity index (χ0v) is 15.7. The number of amides is 1. The number of nitro benzene ring substituents is 1. The van der Waals surface area contributed by atoms with Crippen LogP contribution in [0.1, 0.15) is 12.0 Å². The van der Waals surface area contributed by atoms with Crippen LogP contribution < -0.4 is 9.62 Å². The zero-order chi connectivity index (χ0) is 19.6. The first-order chi connectivity index (χ1) is 12.8. The summed E-state index contributed by atoms with van der Waals surface area (Å²) in [4.78, 5) is 22.4. The fraction of sp³-hybridized carbons (Fsp3) is 0.235. The predicted octanol–water partition coefficient (Wildman–Crippen LogP) is 2.97. The molecule has 0 bridgehead atoms. The van der Waals surface area contributed by atoms with Gasteiger partial charge in [-0.3, -0.25) is 19.2 Å². The smallest absolute Gasteiger partial charge is 0.269 e. The van der Waals surface area contributed by atoms with Crippen LogP contribution in [0.15, 0.2) is 42.5 Å². The van der Waals surface area contributed by atoms with Crippen LogP contribution in [0.3, 0.4) is 0 Å². The number of anilines is 2. The van der Waals surface area contributed by atoms with Crippen LogP contribution >= 0.6 is 11.6 Å². The van der Waals surface area contributed by atoms with Crippen molar-refractivity contribution in [1.82, 2.24) is 0 Å². The molecule has 0 atom stereocenters. The van der Waals surface area contributed by atoms with Crippen molar-refractivity contribution < 1.29 is 18.1 Å². The number of nitro groups is 1. The number of hydrogen-bond donors (Lipinski definition) is 1. The van der Waals surface area contributed by atoms with Crippen LogP contribution in [0.4, 0.5) is 17.1 Å². The molecule has 142 valence electrons. The van der Waals surface area contributed by atoms with Crippen molar-refractivity contribution in [3.63, 3.8) is 0 Å². The minimum Gasteiger partial charge on any atom is -0.324 e. The molecule has 2 aromatic carbocycles. The number of nitrogens with one attached hydrogen (secondary N) is 1. The first kappa shape index (κ1) is 19.1. The Bertz CT molecular complexity index is 992. The van der Waals surface area contributed by atoms with Gasteiger partial charge in [0.15, 0.2) is 0 Å². The topological polar surface area (TPSA) is 110 Å². The van der Waals surface area contributed by atoms with E-state index in [-0.39, 0.29) is 28.8 Å². The lowest BCUT2D eigenvalue weighted by Crippen LogP contribution is -2.25. The predicted molar refractivity (Wildman–Crippen MR) is 103 cm³/mol.